The summed E-state index contributed by atoms with van der Waals surface area (Å²) >= 11 is 0. The van der Waals surface area contributed by atoms with E-state index in [1.165, 1.54) is 32.1 Å². The second kappa shape index (κ2) is 2.94. The predicted octanol–water partition coefficient (Wildman–Crippen LogP) is 3.57. The highest BCUT2D eigenvalue weighted by atomic mass is 14.5. The molecule has 0 heterocycles. The second-order valence-electron chi connectivity index (χ2n) is 4.12. The van der Waals surface area contributed by atoms with Gasteiger partial charge in [-0.1, -0.05) is 40.0 Å². The first-order chi connectivity index (χ1) is 4.67. The van der Waals surface area contributed by atoms with Crippen molar-refractivity contribution in [1.29, 1.82) is 0 Å². The Hall–Kier alpha value is 0. The summed E-state index contributed by atoms with van der Waals surface area (Å²) in [5.41, 5.74) is 0.633. The van der Waals surface area contributed by atoms with Gasteiger partial charge in [-0.25, -0.2) is 0 Å². The Morgan fingerprint density at radius 1 is 1.30 bits per heavy atom. The topological polar surface area (TPSA) is 0 Å². The van der Waals surface area contributed by atoms with Crippen molar-refractivity contribution >= 4 is 0 Å². The quantitative estimate of drug-likeness (QED) is 0.522. The summed E-state index contributed by atoms with van der Waals surface area (Å²) in [6.45, 7) is 6.98. The van der Waals surface area contributed by atoms with Gasteiger partial charge in [-0.15, -0.1) is 0 Å². The van der Waals surface area contributed by atoms with Gasteiger partial charge in [-0.05, 0) is 24.2 Å². The maximum atomic E-state index is 2.36. The van der Waals surface area contributed by atoms with E-state index in [1.54, 1.807) is 5.92 Å². The maximum absolute atomic E-state index is 2.36. The van der Waals surface area contributed by atoms with Crippen LogP contribution in [0.15, 0.2) is 0 Å². The molecule has 59 valence electrons. The third kappa shape index (κ3) is 2.00. The fraction of sp³-hybridized carbons (Fsp3) is 0.900. The Labute approximate surface area is 65.0 Å². The standard InChI is InChI=1S/C10H19/c1-4-5-6-7-9-8-10(9,2)3/h4-8H2,1-3H3. The minimum absolute atomic E-state index is 0.633. The molecule has 1 aliphatic carbocycles. The minimum atomic E-state index is 0.633. The molecule has 0 aliphatic heterocycles. The average Bonchev–Trinajstić information content (AvgIpc) is 2.41. The molecule has 1 radical (unpaired) electrons. The Morgan fingerprint density at radius 3 is 2.30 bits per heavy atom. The van der Waals surface area contributed by atoms with Gasteiger partial charge in [0.1, 0.15) is 0 Å². The van der Waals surface area contributed by atoms with Crippen LogP contribution in [0.1, 0.15) is 52.9 Å². The van der Waals surface area contributed by atoms with Gasteiger partial charge in [0, 0.05) is 0 Å². The van der Waals surface area contributed by atoms with Crippen LogP contribution in [0.2, 0.25) is 0 Å². The van der Waals surface area contributed by atoms with E-state index >= 15 is 0 Å². The van der Waals surface area contributed by atoms with Gasteiger partial charge in [-0.2, -0.15) is 0 Å². The summed E-state index contributed by atoms with van der Waals surface area (Å²) < 4.78 is 0. The molecule has 0 aromatic heterocycles. The van der Waals surface area contributed by atoms with Crippen LogP contribution in [-0.2, 0) is 0 Å². The summed E-state index contributed by atoms with van der Waals surface area (Å²) in [7, 11) is 0. The zero-order valence-electron chi connectivity index (χ0n) is 7.54. The highest BCUT2D eigenvalue weighted by Gasteiger charge is 2.44. The number of hydrogen-bond acceptors (Lipinski definition) is 0. The smallest absolute Gasteiger partial charge is 0.0179 e. The van der Waals surface area contributed by atoms with E-state index in [9.17, 15) is 0 Å². The van der Waals surface area contributed by atoms with Crippen molar-refractivity contribution in [3.63, 3.8) is 0 Å². The van der Waals surface area contributed by atoms with E-state index in [0.717, 1.165) is 0 Å². The highest BCUT2D eigenvalue weighted by Crippen LogP contribution is 2.56. The molecule has 0 atom stereocenters. The summed E-state index contributed by atoms with van der Waals surface area (Å²) in [4.78, 5) is 0. The average molecular weight is 139 g/mol. The Balaban J connectivity index is 1.97. The molecule has 1 rings (SSSR count). The Kier molecular flexibility index (Phi) is 2.38. The highest BCUT2D eigenvalue weighted by molar-refractivity contribution is 5.20. The fourth-order valence-corrected chi connectivity index (χ4v) is 1.50. The van der Waals surface area contributed by atoms with Crippen LogP contribution in [0.25, 0.3) is 0 Å². The third-order valence-electron chi connectivity index (χ3n) is 2.57. The second-order valence-corrected chi connectivity index (χ2v) is 4.12. The molecule has 0 aromatic carbocycles. The van der Waals surface area contributed by atoms with E-state index in [2.05, 4.69) is 20.8 Å². The lowest BCUT2D eigenvalue weighted by atomic mass is 10.0. The molecule has 0 unspecified atom stereocenters. The van der Waals surface area contributed by atoms with Gasteiger partial charge in [0.05, 0.1) is 0 Å². The van der Waals surface area contributed by atoms with E-state index in [1.807, 2.05) is 0 Å². The first-order valence-corrected chi connectivity index (χ1v) is 4.52. The minimum Gasteiger partial charge on any atom is -0.0654 e. The molecule has 0 amide bonds. The molecule has 1 saturated carbocycles. The van der Waals surface area contributed by atoms with Gasteiger partial charge < -0.3 is 0 Å². The van der Waals surface area contributed by atoms with Crippen LogP contribution in [0.4, 0.5) is 0 Å². The fourth-order valence-electron chi connectivity index (χ4n) is 1.50. The third-order valence-corrected chi connectivity index (χ3v) is 2.57. The van der Waals surface area contributed by atoms with Crippen LogP contribution in [0.5, 0.6) is 0 Å². The first-order valence-electron chi connectivity index (χ1n) is 4.52. The SMILES string of the molecule is CCCCC[C]1CC1(C)C. The first kappa shape index (κ1) is 8.10. The lowest BCUT2D eigenvalue weighted by molar-refractivity contribution is 0.619. The predicted molar refractivity (Wildman–Crippen MR) is 45.8 cm³/mol. The monoisotopic (exact) mass is 139 g/mol. The maximum Gasteiger partial charge on any atom is -0.0179 e. The molecule has 0 spiro atoms. The largest absolute Gasteiger partial charge is 0.0654 e. The number of rotatable bonds is 4. The summed E-state index contributed by atoms with van der Waals surface area (Å²) in [6, 6.07) is 0. The van der Waals surface area contributed by atoms with Gasteiger partial charge in [0.2, 0.25) is 0 Å². The van der Waals surface area contributed by atoms with E-state index < -0.39 is 0 Å². The lowest BCUT2D eigenvalue weighted by Crippen LogP contribution is -1.87. The van der Waals surface area contributed by atoms with Crippen molar-refractivity contribution < 1.29 is 0 Å². The summed E-state index contributed by atoms with van der Waals surface area (Å²) in [5.74, 6) is 1.81. The van der Waals surface area contributed by atoms with Gasteiger partial charge in [-0.3, -0.25) is 0 Å². The Bertz CT molecular complexity index is 103. The molecule has 1 fully saturated rings. The van der Waals surface area contributed by atoms with Crippen molar-refractivity contribution in [2.45, 2.75) is 52.9 Å². The van der Waals surface area contributed by atoms with E-state index in [4.69, 9.17) is 0 Å². The van der Waals surface area contributed by atoms with Crippen molar-refractivity contribution in [3.05, 3.63) is 5.92 Å². The van der Waals surface area contributed by atoms with Gasteiger partial charge in [0.25, 0.3) is 0 Å². The van der Waals surface area contributed by atoms with Crippen LogP contribution in [-0.4, -0.2) is 0 Å². The van der Waals surface area contributed by atoms with Gasteiger partial charge >= 0.3 is 0 Å². The molecule has 10 heavy (non-hydrogen) atoms. The number of unbranched alkanes of at least 4 members (excludes halogenated alkanes) is 2. The van der Waals surface area contributed by atoms with Gasteiger partial charge in [0.15, 0.2) is 0 Å². The van der Waals surface area contributed by atoms with E-state index in [0.29, 0.717) is 5.41 Å². The van der Waals surface area contributed by atoms with Crippen molar-refractivity contribution in [2.75, 3.05) is 0 Å². The molecule has 0 N–H and O–H groups in total. The molecular weight excluding hydrogens is 120 g/mol. The van der Waals surface area contributed by atoms with Crippen LogP contribution in [0.3, 0.4) is 0 Å². The summed E-state index contributed by atoms with van der Waals surface area (Å²) in [5, 5.41) is 0. The van der Waals surface area contributed by atoms with Crippen LogP contribution >= 0.6 is 0 Å². The molecule has 1 aliphatic rings. The summed E-state index contributed by atoms with van der Waals surface area (Å²) in [6.07, 6.45) is 7.00. The molecule has 0 aromatic rings. The number of hydrogen-bond donors (Lipinski definition) is 0. The van der Waals surface area contributed by atoms with Crippen molar-refractivity contribution in [1.82, 2.24) is 0 Å². The molecule has 0 bridgehead atoms. The van der Waals surface area contributed by atoms with Crippen LogP contribution in [0, 0.1) is 11.3 Å². The van der Waals surface area contributed by atoms with Crippen molar-refractivity contribution in [3.8, 4) is 0 Å². The van der Waals surface area contributed by atoms with Crippen molar-refractivity contribution in [2.24, 2.45) is 5.41 Å². The normalized spacial score (nSPS) is 23.1. The molecule has 0 nitrogen and oxygen atoms in total. The van der Waals surface area contributed by atoms with Crippen LogP contribution < -0.4 is 0 Å². The Morgan fingerprint density at radius 2 is 1.90 bits per heavy atom. The zero-order valence-corrected chi connectivity index (χ0v) is 7.54. The molecule has 0 saturated heterocycles. The lowest BCUT2D eigenvalue weighted by Gasteiger charge is -2.00. The zero-order chi connectivity index (χ0) is 7.61. The molecule has 0 heteroatoms. The van der Waals surface area contributed by atoms with E-state index in [-0.39, 0.29) is 0 Å². The molecular formula is C10H19.